The lowest BCUT2D eigenvalue weighted by molar-refractivity contribution is -0.121. The quantitative estimate of drug-likeness (QED) is 0.467. The van der Waals surface area contributed by atoms with Crippen LogP contribution < -0.4 is 20.3 Å². The summed E-state index contributed by atoms with van der Waals surface area (Å²) in [4.78, 5) is 36.6. The minimum Gasteiger partial charge on any atom is -0.497 e. The first-order chi connectivity index (χ1) is 17.9. The molecule has 1 saturated carbocycles. The van der Waals surface area contributed by atoms with Crippen LogP contribution in [0.2, 0.25) is 0 Å². The van der Waals surface area contributed by atoms with Gasteiger partial charge >= 0.3 is 0 Å². The van der Waals surface area contributed by atoms with Crippen molar-refractivity contribution in [2.75, 3.05) is 38.0 Å². The molecule has 0 bridgehead atoms. The number of methoxy groups -OCH3 is 1. The van der Waals surface area contributed by atoms with Gasteiger partial charge in [-0.2, -0.15) is 4.98 Å². The van der Waals surface area contributed by atoms with Crippen molar-refractivity contribution in [1.82, 2.24) is 15.3 Å². The van der Waals surface area contributed by atoms with Gasteiger partial charge in [0.25, 0.3) is 0 Å². The van der Waals surface area contributed by atoms with E-state index in [-0.39, 0.29) is 17.6 Å². The smallest absolute Gasteiger partial charge is 0.225 e. The number of ether oxygens (including phenoxy) is 1. The fourth-order valence-corrected chi connectivity index (χ4v) is 5.60. The Balaban J connectivity index is 1.11. The zero-order valence-electron chi connectivity index (χ0n) is 21.8. The molecule has 1 heterocycles. The third kappa shape index (κ3) is 5.53. The van der Waals surface area contributed by atoms with Gasteiger partial charge in [-0.05, 0) is 67.5 Å². The number of amides is 1. The predicted octanol–water partition coefficient (Wildman–Crippen LogP) is 4.55. The highest BCUT2D eigenvalue weighted by Crippen LogP contribution is 2.37. The zero-order chi connectivity index (χ0) is 25.9. The second-order valence-corrected chi connectivity index (χ2v) is 10.4. The average Bonchev–Trinajstić information content (AvgIpc) is 3.21. The number of nitrogens with one attached hydrogen (secondary N) is 2. The lowest BCUT2D eigenvalue weighted by Crippen LogP contribution is -2.34. The third-order valence-corrected chi connectivity index (χ3v) is 7.64. The molecule has 194 valence electrons. The molecular weight excluding hydrogens is 466 g/mol. The van der Waals surface area contributed by atoms with E-state index in [0.717, 1.165) is 59.3 Å². The maximum atomic E-state index is 12.7. The summed E-state index contributed by atoms with van der Waals surface area (Å²) < 4.78 is 5.31. The lowest BCUT2D eigenvalue weighted by Gasteiger charge is -2.29. The van der Waals surface area contributed by atoms with Crippen LogP contribution in [0, 0.1) is 5.92 Å². The number of carbonyl (C=O) groups is 2. The Morgan fingerprint density at radius 2 is 1.86 bits per heavy atom. The number of carbonyl (C=O) groups excluding carboxylic acids is 2. The van der Waals surface area contributed by atoms with Crippen LogP contribution in [-0.4, -0.2) is 55.5 Å². The van der Waals surface area contributed by atoms with E-state index in [1.807, 2.05) is 55.4 Å². The molecule has 2 N–H and O–H groups in total. The van der Waals surface area contributed by atoms with Crippen LogP contribution in [0.5, 0.6) is 5.75 Å². The molecule has 0 aliphatic heterocycles. The van der Waals surface area contributed by atoms with Gasteiger partial charge in [-0.1, -0.05) is 12.1 Å². The molecule has 1 aromatic heterocycles. The highest BCUT2D eigenvalue weighted by atomic mass is 16.5. The number of hydrogen-bond acceptors (Lipinski definition) is 7. The molecule has 5 rings (SSSR count). The number of Topliss-reactive ketones (excluding diaryl/α,β-unsaturated/α-hetero) is 1. The molecule has 2 aliphatic rings. The van der Waals surface area contributed by atoms with E-state index in [1.54, 1.807) is 13.2 Å². The van der Waals surface area contributed by atoms with Crippen molar-refractivity contribution in [1.29, 1.82) is 0 Å². The van der Waals surface area contributed by atoms with Gasteiger partial charge in [0.15, 0.2) is 5.78 Å². The van der Waals surface area contributed by atoms with Crippen molar-refractivity contribution in [2.24, 2.45) is 5.92 Å². The van der Waals surface area contributed by atoms with Crippen molar-refractivity contribution >= 4 is 34.4 Å². The van der Waals surface area contributed by atoms with E-state index in [0.29, 0.717) is 37.3 Å². The molecule has 1 atom stereocenters. The second kappa shape index (κ2) is 10.7. The van der Waals surface area contributed by atoms with Gasteiger partial charge in [0.1, 0.15) is 11.6 Å². The number of nitrogens with zero attached hydrogens (tertiary/aromatic N) is 3. The molecular formula is C29H35N5O3. The summed E-state index contributed by atoms with van der Waals surface area (Å²) in [5, 5.41) is 7.72. The zero-order valence-corrected chi connectivity index (χ0v) is 21.8. The van der Waals surface area contributed by atoms with Crippen LogP contribution in [0.1, 0.15) is 60.4 Å². The first kappa shape index (κ1) is 25.0. The van der Waals surface area contributed by atoms with Gasteiger partial charge in [0.05, 0.1) is 12.6 Å². The number of aromatic nitrogens is 2. The average molecular weight is 502 g/mol. The molecule has 8 nitrogen and oxygen atoms in total. The van der Waals surface area contributed by atoms with Crippen molar-refractivity contribution < 1.29 is 14.3 Å². The Morgan fingerprint density at radius 1 is 1.08 bits per heavy atom. The fraction of sp³-hybridized carbons (Fsp3) is 0.448. The number of para-hydroxylation sites is 1. The Labute approximate surface area is 217 Å². The maximum absolute atomic E-state index is 12.7. The van der Waals surface area contributed by atoms with E-state index in [1.165, 1.54) is 0 Å². The van der Waals surface area contributed by atoms with E-state index < -0.39 is 0 Å². The highest BCUT2D eigenvalue weighted by molar-refractivity contribution is 6.02. The first-order valence-corrected chi connectivity index (χ1v) is 13.1. The molecule has 1 unspecified atom stereocenters. The molecule has 1 fully saturated rings. The van der Waals surface area contributed by atoms with Gasteiger partial charge in [-0.15, -0.1) is 0 Å². The molecule has 1 amide bonds. The summed E-state index contributed by atoms with van der Waals surface area (Å²) in [5.74, 6) is 2.79. The number of hydrogen-bond donors (Lipinski definition) is 2. The summed E-state index contributed by atoms with van der Waals surface area (Å²) in [6, 6.07) is 13.9. The standard InChI is InChI=1S/C29H35N5O3/c1-34(2)28-23-6-4-5-7-25(23)32-29(33-28)31-20-10-8-18(9-11-20)17-30-27(36)15-19-14-26(35)22-13-12-21(37-3)16-24(19)22/h4-7,12-13,16,18-20H,8-11,14-15,17H2,1-3H3,(H,30,36)(H,31,32,33). The minimum atomic E-state index is -0.0773. The van der Waals surface area contributed by atoms with Crippen molar-refractivity contribution in [2.45, 2.75) is 50.5 Å². The molecule has 0 saturated heterocycles. The van der Waals surface area contributed by atoms with E-state index in [4.69, 9.17) is 14.7 Å². The number of rotatable bonds is 8. The molecule has 0 spiro atoms. The number of ketones is 1. The Kier molecular flexibility index (Phi) is 7.26. The first-order valence-electron chi connectivity index (χ1n) is 13.1. The molecule has 3 aromatic rings. The predicted molar refractivity (Wildman–Crippen MR) is 146 cm³/mol. The SMILES string of the molecule is COc1ccc2c(c1)C(CC(=O)NCC1CCC(Nc3nc(N(C)C)c4ccccc4n3)CC1)CC2=O. The van der Waals surface area contributed by atoms with Gasteiger partial charge in [-0.25, -0.2) is 4.98 Å². The van der Waals surface area contributed by atoms with Crippen LogP contribution in [-0.2, 0) is 4.79 Å². The maximum Gasteiger partial charge on any atom is 0.225 e. The van der Waals surface area contributed by atoms with Gasteiger partial charge in [0.2, 0.25) is 11.9 Å². The van der Waals surface area contributed by atoms with Crippen LogP contribution in [0.3, 0.4) is 0 Å². The summed E-state index contributed by atoms with van der Waals surface area (Å²) in [6.07, 6.45) is 4.81. The number of fused-ring (bicyclic) bond motifs is 2. The van der Waals surface area contributed by atoms with E-state index >= 15 is 0 Å². The normalized spacial score (nSPS) is 20.9. The molecule has 2 aromatic carbocycles. The monoisotopic (exact) mass is 501 g/mol. The second-order valence-electron chi connectivity index (χ2n) is 10.4. The van der Waals surface area contributed by atoms with Crippen LogP contribution in [0.25, 0.3) is 10.9 Å². The number of benzene rings is 2. The van der Waals surface area contributed by atoms with E-state index in [2.05, 4.69) is 10.6 Å². The van der Waals surface area contributed by atoms with Crippen LogP contribution >= 0.6 is 0 Å². The Hall–Kier alpha value is -3.68. The molecule has 0 radical (unpaired) electrons. The Bertz CT molecular complexity index is 1300. The molecule has 2 aliphatic carbocycles. The van der Waals surface area contributed by atoms with Crippen molar-refractivity contribution in [3.8, 4) is 5.75 Å². The van der Waals surface area contributed by atoms with E-state index in [9.17, 15) is 9.59 Å². The van der Waals surface area contributed by atoms with Crippen LogP contribution in [0.15, 0.2) is 42.5 Å². The van der Waals surface area contributed by atoms with Gasteiger partial charge < -0.3 is 20.3 Å². The topological polar surface area (TPSA) is 96.4 Å². The van der Waals surface area contributed by atoms with Crippen LogP contribution in [0.4, 0.5) is 11.8 Å². The summed E-state index contributed by atoms with van der Waals surface area (Å²) in [7, 11) is 5.61. The largest absolute Gasteiger partial charge is 0.497 e. The van der Waals surface area contributed by atoms with Crippen molar-refractivity contribution in [3.63, 3.8) is 0 Å². The Morgan fingerprint density at radius 3 is 2.62 bits per heavy atom. The molecule has 8 heteroatoms. The number of anilines is 2. The van der Waals surface area contributed by atoms with Gasteiger partial charge in [0, 0.05) is 56.4 Å². The third-order valence-electron chi connectivity index (χ3n) is 7.64. The highest BCUT2D eigenvalue weighted by Gasteiger charge is 2.31. The van der Waals surface area contributed by atoms with Gasteiger partial charge in [-0.3, -0.25) is 9.59 Å². The fourth-order valence-electron chi connectivity index (χ4n) is 5.60. The molecule has 37 heavy (non-hydrogen) atoms. The summed E-state index contributed by atoms with van der Waals surface area (Å²) in [5.41, 5.74) is 2.59. The lowest BCUT2D eigenvalue weighted by atomic mass is 9.86. The van der Waals surface area contributed by atoms with Crippen molar-refractivity contribution in [3.05, 3.63) is 53.6 Å². The minimum absolute atomic E-state index is 0.00879. The summed E-state index contributed by atoms with van der Waals surface area (Å²) >= 11 is 0. The summed E-state index contributed by atoms with van der Waals surface area (Å²) in [6.45, 7) is 0.675.